The van der Waals surface area contributed by atoms with Gasteiger partial charge < -0.3 is 0 Å². The van der Waals surface area contributed by atoms with Crippen molar-refractivity contribution in [3.8, 4) is 0 Å². The number of nitrogens with two attached hydrogens (primary N) is 1. The van der Waals surface area contributed by atoms with Crippen LogP contribution in [-0.2, 0) is 28.1 Å². The zero-order valence-electron chi connectivity index (χ0n) is 7.39. The molecule has 0 radical (unpaired) electrons. The molecule has 0 unspecified atom stereocenters. The molecule has 0 spiro atoms. The van der Waals surface area contributed by atoms with E-state index in [-0.39, 0.29) is 6.61 Å². The lowest BCUT2D eigenvalue weighted by molar-refractivity contribution is 0.307. The second-order valence-corrected chi connectivity index (χ2v) is 3.86. The lowest BCUT2D eigenvalue weighted by Crippen LogP contribution is -2.15. The van der Waals surface area contributed by atoms with E-state index in [1.165, 1.54) is 0 Å². The lowest BCUT2D eigenvalue weighted by Gasteiger charge is -1.99. The van der Waals surface area contributed by atoms with Crippen molar-refractivity contribution in [3.63, 3.8) is 0 Å². The highest BCUT2D eigenvalue weighted by Gasteiger charge is 2.07. The summed E-state index contributed by atoms with van der Waals surface area (Å²) >= 11 is 0. The molecule has 0 atom stereocenters. The summed E-state index contributed by atoms with van der Waals surface area (Å²) in [6.45, 7) is 1.74. The zero-order valence-corrected chi connectivity index (χ0v) is 8.21. The van der Waals surface area contributed by atoms with Gasteiger partial charge in [0.05, 0.1) is 12.8 Å². The fraction of sp³-hybridized carbons (Fsp3) is 0.500. The van der Waals surface area contributed by atoms with E-state index >= 15 is 0 Å². The maximum atomic E-state index is 10.5. The summed E-state index contributed by atoms with van der Waals surface area (Å²) in [6.07, 6.45) is 1.54. The van der Waals surface area contributed by atoms with E-state index in [2.05, 4.69) is 14.4 Å². The van der Waals surface area contributed by atoms with E-state index in [0.29, 0.717) is 5.56 Å². The van der Waals surface area contributed by atoms with Crippen LogP contribution < -0.4 is 5.14 Å². The van der Waals surface area contributed by atoms with Gasteiger partial charge in [-0.1, -0.05) is 0 Å². The molecule has 2 N–H and O–H groups in total. The molecule has 1 aromatic rings. The number of aromatic nitrogens is 2. The second-order valence-electron chi connectivity index (χ2n) is 2.63. The molecule has 0 aliphatic heterocycles. The molecule has 0 aliphatic carbocycles. The molecule has 0 bridgehead atoms. The van der Waals surface area contributed by atoms with Gasteiger partial charge in [0.1, 0.15) is 0 Å². The van der Waals surface area contributed by atoms with Crippen LogP contribution in [0.2, 0.25) is 0 Å². The maximum Gasteiger partial charge on any atom is 0.333 e. The van der Waals surface area contributed by atoms with Crippen LogP contribution in [0.4, 0.5) is 0 Å². The predicted molar refractivity (Wildman–Crippen MR) is 45.8 cm³/mol. The third-order valence-corrected chi connectivity index (χ3v) is 2.16. The quantitative estimate of drug-likeness (QED) is 0.717. The molecule has 0 aliphatic rings. The molecular formula is C6H11N3O3S. The van der Waals surface area contributed by atoms with Crippen LogP contribution in [0, 0.1) is 6.92 Å². The Kier molecular flexibility index (Phi) is 2.69. The molecule has 74 valence electrons. The van der Waals surface area contributed by atoms with Gasteiger partial charge in [-0.3, -0.25) is 8.86 Å². The molecule has 1 aromatic heterocycles. The molecule has 0 amide bonds. The van der Waals surface area contributed by atoms with Gasteiger partial charge in [-0.15, -0.1) is 0 Å². The topological polar surface area (TPSA) is 87.2 Å². The van der Waals surface area contributed by atoms with Crippen LogP contribution in [0.3, 0.4) is 0 Å². The Morgan fingerprint density at radius 1 is 1.69 bits per heavy atom. The minimum Gasteiger partial charge on any atom is -0.273 e. The van der Waals surface area contributed by atoms with E-state index in [0.717, 1.165) is 5.69 Å². The maximum absolute atomic E-state index is 10.5. The predicted octanol–water partition coefficient (Wildman–Crippen LogP) is -0.551. The minimum atomic E-state index is -3.87. The standard InChI is InChI=1S/C6H11N3O3S/c1-5-6(3-8-9(5)2)4-12-13(7,10)11/h3H,4H2,1-2H3,(H2,7,10,11). The van der Waals surface area contributed by atoms with Gasteiger partial charge in [0.15, 0.2) is 0 Å². The largest absolute Gasteiger partial charge is 0.333 e. The van der Waals surface area contributed by atoms with Crippen LogP contribution in [0.25, 0.3) is 0 Å². The Hall–Kier alpha value is -0.920. The van der Waals surface area contributed by atoms with E-state index in [1.807, 2.05) is 6.92 Å². The van der Waals surface area contributed by atoms with E-state index < -0.39 is 10.3 Å². The van der Waals surface area contributed by atoms with E-state index in [1.54, 1.807) is 17.9 Å². The molecular weight excluding hydrogens is 194 g/mol. The number of hydrogen-bond acceptors (Lipinski definition) is 4. The molecule has 7 heteroatoms. The smallest absolute Gasteiger partial charge is 0.273 e. The normalized spacial score (nSPS) is 11.9. The fourth-order valence-corrected chi connectivity index (χ4v) is 1.12. The van der Waals surface area contributed by atoms with Gasteiger partial charge in [0.25, 0.3) is 0 Å². The monoisotopic (exact) mass is 205 g/mol. The molecule has 13 heavy (non-hydrogen) atoms. The summed E-state index contributed by atoms with van der Waals surface area (Å²) in [4.78, 5) is 0. The van der Waals surface area contributed by atoms with Gasteiger partial charge in [-0.25, -0.2) is 5.14 Å². The molecule has 0 aromatic carbocycles. The van der Waals surface area contributed by atoms with Crippen molar-refractivity contribution in [1.82, 2.24) is 9.78 Å². The minimum absolute atomic E-state index is 0.0709. The summed E-state index contributed by atoms with van der Waals surface area (Å²) in [5, 5.41) is 8.58. The van der Waals surface area contributed by atoms with E-state index in [9.17, 15) is 8.42 Å². The highest BCUT2D eigenvalue weighted by Crippen LogP contribution is 2.07. The highest BCUT2D eigenvalue weighted by molar-refractivity contribution is 7.84. The van der Waals surface area contributed by atoms with Crippen LogP contribution in [-0.4, -0.2) is 18.2 Å². The number of nitrogens with zero attached hydrogens (tertiary/aromatic N) is 2. The van der Waals surface area contributed by atoms with Gasteiger partial charge in [-0.05, 0) is 6.92 Å². The van der Waals surface area contributed by atoms with Gasteiger partial charge in [0, 0.05) is 18.3 Å². The first-order valence-electron chi connectivity index (χ1n) is 3.55. The summed E-state index contributed by atoms with van der Waals surface area (Å²) in [6, 6.07) is 0. The summed E-state index contributed by atoms with van der Waals surface area (Å²) in [7, 11) is -2.11. The van der Waals surface area contributed by atoms with Crippen molar-refractivity contribution >= 4 is 10.3 Å². The molecule has 0 fully saturated rings. The van der Waals surface area contributed by atoms with Crippen LogP contribution in [0.5, 0.6) is 0 Å². The molecule has 0 saturated heterocycles. The highest BCUT2D eigenvalue weighted by atomic mass is 32.2. The van der Waals surface area contributed by atoms with Crippen molar-refractivity contribution in [2.75, 3.05) is 0 Å². The first kappa shape index (κ1) is 10.2. The summed E-state index contributed by atoms with van der Waals surface area (Å²) < 4.78 is 26.9. The average Bonchev–Trinajstić information content (AvgIpc) is 2.29. The Labute approximate surface area is 76.6 Å². The Morgan fingerprint density at radius 3 is 2.69 bits per heavy atom. The molecule has 0 saturated carbocycles. The zero-order chi connectivity index (χ0) is 10.1. The first-order chi connectivity index (χ1) is 5.90. The van der Waals surface area contributed by atoms with E-state index in [4.69, 9.17) is 0 Å². The van der Waals surface area contributed by atoms with Crippen molar-refractivity contribution in [1.29, 1.82) is 0 Å². The number of hydrogen-bond donors (Lipinski definition) is 1. The van der Waals surface area contributed by atoms with Crippen LogP contribution >= 0.6 is 0 Å². The number of rotatable bonds is 3. The Balaban J connectivity index is 2.71. The van der Waals surface area contributed by atoms with Crippen molar-refractivity contribution in [2.45, 2.75) is 13.5 Å². The average molecular weight is 205 g/mol. The van der Waals surface area contributed by atoms with Crippen LogP contribution in [0.1, 0.15) is 11.3 Å². The van der Waals surface area contributed by atoms with Gasteiger partial charge in [0.2, 0.25) is 0 Å². The fourth-order valence-electron chi connectivity index (χ4n) is 0.831. The first-order valence-corrected chi connectivity index (χ1v) is 5.02. The Bertz CT molecular complexity index is 395. The summed E-state index contributed by atoms with van der Waals surface area (Å²) in [5.74, 6) is 0. The molecule has 1 rings (SSSR count). The number of aryl methyl sites for hydroxylation is 1. The van der Waals surface area contributed by atoms with Crippen molar-refractivity contribution < 1.29 is 12.6 Å². The third kappa shape index (κ3) is 2.79. The van der Waals surface area contributed by atoms with Gasteiger partial charge >= 0.3 is 10.3 Å². The molecule has 6 nitrogen and oxygen atoms in total. The van der Waals surface area contributed by atoms with Crippen LogP contribution in [0.15, 0.2) is 6.20 Å². The van der Waals surface area contributed by atoms with Gasteiger partial charge in [-0.2, -0.15) is 13.5 Å². The second kappa shape index (κ2) is 3.44. The Morgan fingerprint density at radius 2 is 2.31 bits per heavy atom. The van der Waals surface area contributed by atoms with Crippen molar-refractivity contribution in [2.24, 2.45) is 12.2 Å². The van der Waals surface area contributed by atoms with Crippen molar-refractivity contribution in [3.05, 3.63) is 17.5 Å². The summed E-state index contributed by atoms with van der Waals surface area (Å²) in [5.41, 5.74) is 1.56. The third-order valence-electron chi connectivity index (χ3n) is 1.72. The molecule has 1 heterocycles. The SMILES string of the molecule is Cc1c(COS(N)(=O)=O)cnn1C. The lowest BCUT2D eigenvalue weighted by atomic mass is 10.3.